The lowest BCUT2D eigenvalue weighted by Crippen LogP contribution is -2.61. The van der Waals surface area contributed by atoms with Gasteiger partial charge in [-0.25, -0.2) is 0 Å². The summed E-state index contributed by atoms with van der Waals surface area (Å²) in [7, 11) is 0. The highest BCUT2D eigenvalue weighted by Gasteiger charge is 2.45. The van der Waals surface area contributed by atoms with Gasteiger partial charge in [-0.2, -0.15) is 0 Å². The number of fused-ring (bicyclic) bond motifs is 4. The van der Waals surface area contributed by atoms with E-state index in [2.05, 4.69) is 267 Å². The zero-order valence-electron chi connectivity index (χ0n) is 40.9. The van der Waals surface area contributed by atoms with Crippen LogP contribution in [-0.4, -0.2) is 6.71 Å². The van der Waals surface area contributed by atoms with Crippen LogP contribution in [0.3, 0.4) is 0 Å². The highest BCUT2D eigenvalue weighted by Crippen LogP contribution is 2.49. The lowest BCUT2D eigenvalue weighted by atomic mass is 9.33. The zero-order chi connectivity index (χ0) is 46.8. The average Bonchev–Trinajstić information content (AvgIpc) is 3.34. The minimum atomic E-state index is -0.240. The molecule has 4 heteroatoms. The van der Waals surface area contributed by atoms with Crippen LogP contribution < -0.4 is 31.1 Å². The first kappa shape index (κ1) is 44.7. The molecule has 0 aliphatic carbocycles. The van der Waals surface area contributed by atoms with E-state index in [1.165, 1.54) is 61.4 Å². The van der Waals surface area contributed by atoms with E-state index in [1.807, 2.05) is 0 Å². The second kappa shape index (κ2) is 16.7. The Morgan fingerprint density at radius 2 is 0.803 bits per heavy atom. The fourth-order valence-electron chi connectivity index (χ4n) is 9.85. The van der Waals surface area contributed by atoms with E-state index in [4.69, 9.17) is 0 Å². The summed E-state index contributed by atoms with van der Waals surface area (Å²) in [5, 5.41) is 0. The van der Waals surface area contributed by atoms with Gasteiger partial charge >= 0.3 is 0 Å². The number of nitrogens with zero attached hydrogens (tertiary/aromatic N) is 3. The van der Waals surface area contributed by atoms with Crippen molar-refractivity contribution in [3.8, 4) is 0 Å². The normalized spacial score (nSPS) is 13.5. The Labute approximate surface area is 396 Å². The van der Waals surface area contributed by atoms with Crippen LogP contribution in [0.25, 0.3) is 0 Å². The van der Waals surface area contributed by atoms with Gasteiger partial charge in [0.15, 0.2) is 0 Å². The van der Waals surface area contributed by atoms with E-state index in [-0.39, 0.29) is 28.4 Å². The van der Waals surface area contributed by atoms with Crippen LogP contribution >= 0.6 is 0 Å². The molecule has 7 aromatic rings. The maximum Gasteiger partial charge on any atom is 0.252 e. The Morgan fingerprint density at radius 3 is 1.15 bits per heavy atom. The number of allylic oxidation sites excluding steroid dienone is 2. The number of anilines is 9. The molecule has 0 aromatic heterocycles. The van der Waals surface area contributed by atoms with Gasteiger partial charge in [-0.15, -0.1) is 13.2 Å². The van der Waals surface area contributed by atoms with Gasteiger partial charge in [0.2, 0.25) is 0 Å². The van der Waals surface area contributed by atoms with E-state index in [0.29, 0.717) is 0 Å². The molecule has 0 bridgehead atoms. The van der Waals surface area contributed by atoms with E-state index in [0.717, 1.165) is 41.3 Å². The molecule has 2 heterocycles. The molecule has 7 aromatic carbocycles. The van der Waals surface area contributed by atoms with E-state index in [9.17, 15) is 0 Å². The van der Waals surface area contributed by atoms with Crippen molar-refractivity contribution < 1.29 is 0 Å². The first-order valence-electron chi connectivity index (χ1n) is 24.0. The molecule has 2 aliphatic rings. The molecule has 3 nitrogen and oxygen atoms in total. The standard InChI is InChI=1S/C62H66BN3/c1-13-59(5,6)43-27-33-49(34-28-43)65-54-37-31-45(61(9,10)15-3)39-52(54)63-53-40-46(62(11,12)16-4)32-38-55(53)66(50-35-29-44(30-36-50)60(7,8)14-2)57-42-51(41-56(65)58(57)63)64(47-23-19-17-20-24-47)48-25-21-18-22-26-48/h15-42H,3-4,13-14H2,1-2,5-12H3. The molecule has 9 rings (SSSR count). The lowest BCUT2D eigenvalue weighted by Gasteiger charge is -2.45. The lowest BCUT2D eigenvalue weighted by molar-refractivity contribution is 0.506. The molecule has 66 heavy (non-hydrogen) atoms. The van der Waals surface area contributed by atoms with Gasteiger partial charge in [0.1, 0.15) is 0 Å². The van der Waals surface area contributed by atoms with Crippen LogP contribution in [-0.2, 0) is 21.7 Å². The van der Waals surface area contributed by atoms with Gasteiger partial charge in [-0.3, -0.25) is 0 Å². The Morgan fingerprint density at radius 1 is 0.439 bits per heavy atom. The smallest absolute Gasteiger partial charge is 0.252 e. The minimum absolute atomic E-state index is 0.0581. The summed E-state index contributed by atoms with van der Waals surface area (Å²) in [6.45, 7) is 31.6. The monoisotopic (exact) mass is 864 g/mol. The van der Waals surface area contributed by atoms with Crippen molar-refractivity contribution in [3.63, 3.8) is 0 Å². The summed E-state index contributed by atoms with van der Waals surface area (Å²) < 4.78 is 0. The molecule has 0 fully saturated rings. The fourth-order valence-corrected chi connectivity index (χ4v) is 9.85. The molecule has 0 saturated heterocycles. The fraction of sp³-hybridized carbons (Fsp3) is 0.258. The molecule has 0 N–H and O–H groups in total. The molecular formula is C62H66BN3. The molecule has 332 valence electrons. The quantitative estimate of drug-likeness (QED) is 0.0844. The van der Waals surface area contributed by atoms with Gasteiger partial charge in [0.25, 0.3) is 6.71 Å². The maximum atomic E-state index is 4.32. The second-order valence-electron chi connectivity index (χ2n) is 21.0. The Kier molecular flexibility index (Phi) is 11.3. The largest absolute Gasteiger partial charge is 0.311 e. The van der Waals surface area contributed by atoms with Crippen molar-refractivity contribution in [2.45, 2.75) is 104 Å². The molecule has 0 unspecified atom stereocenters. The van der Waals surface area contributed by atoms with Crippen molar-refractivity contribution in [2.75, 3.05) is 14.7 Å². The van der Waals surface area contributed by atoms with Gasteiger partial charge < -0.3 is 14.7 Å². The Hall–Kier alpha value is -6.52. The third-order valence-electron chi connectivity index (χ3n) is 15.4. The summed E-state index contributed by atoms with van der Waals surface area (Å²) in [5.74, 6) is 0. The molecule has 0 spiro atoms. The number of para-hydroxylation sites is 2. The zero-order valence-corrected chi connectivity index (χ0v) is 40.9. The van der Waals surface area contributed by atoms with Crippen molar-refractivity contribution in [3.05, 3.63) is 205 Å². The van der Waals surface area contributed by atoms with Crippen molar-refractivity contribution in [2.24, 2.45) is 0 Å². The van der Waals surface area contributed by atoms with Gasteiger partial charge in [-0.05, 0) is 135 Å². The summed E-state index contributed by atoms with van der Waals surface area (Å²) in [4.78, 5) is 7.50. The number of rotatable bonds is 13. The molecule has 0 atom stereocenters. The summed E-state index contributed by atoms with van der Waals surface area (Å²) >= 11 is 0. The van der Waals surface area contributed by atoms with Crippen LogP contribution in [0.2, 0.25) is 0 Å². The Bertz CT molecular complexity index is 2730. The number of benzene rings is 7. The van der Waals surface area contributed by atoms with Crippen LogP contribution in [0.15, 0.2) is 183 Å². The summed E-state index contributed by atoms with van der Waals surface area (Å²) in [6, 6.07) is 59.7. The molecule has 0 amide bonds. The topological polar surface area (TPSA) is 9.72 Å². The van der Waals surface area contributed by atoms with Crippen LogP contribution in [0.5, 0.6) is 0 Å². The minimum Gasteiger partial charge on any atom is -0.311 e. The molecule has 0 saturated carbocycles. The third kappa shape index (κ3) is 7.59. The van der Waals surface area contributed by atoms with E-state index < -0.39 is 0 Å². The first-order chi connectivity index (χ1) is 31.5. The van der Waals surface area contributed by atoms with Crippen LogP contribution in [0.1, 0.15) is 104 Å². The third-order valence-corrected chi connectivity index (χ3v) is 15.4. The van der Waals surface area contributed by atoms with Gasteiger partial charge in [0.05, 0.1) is 5.69 Å². The van der Waals surface area contributed by atoms with Crippen LogP contribution in [0, 0.1) is 0 Å². The van der Waals surface area contributed by atoms with Gasteiger partial charge in [-0.1, -0.05) is 166 Å². The summed E-state index contributed by atoms with van der Waals surface area (Å²) in [5.41, 5.74) is 19.0. The average molecular weight is 864 g/mol. The highest BCUT2D eigenvalue weighted by molar-refractivity contribution is 7.00. The second-order valence-corrected chi connectivity index (χ2v) is 21.0. The molecule has 2 aliphatic heterocycles. The van der Waals surface area contributed by atoms with Crippen molar-refractivity contribution >= 4 is 74.3 Å². The number of hydrogen-bond donors (Lipinski definition) is 0. The number of hydrogen-bond acceptors (Lipinski definition) is 3. The van der Waals surface area contributed by atoms with Crippen molar-refractivity contribution in [1.82, 2.24) is 0 Å². The van der Waals surface area contributed by atoms with Gasteiger partial charge in [0, 0.05) is 56.3 Å². The predicted molar refractivity (Wildman–Crippen MR) is 288 cm³/mol. The Balaban J connectivity index is 1.43. The van der Waals surface area contributed by atoms with E-state index >= 15 is 0 Å². The van der Waals surface area contributed by atoms with Crippen molar-refractivity contribution in [1.29, 1.82) is 0 Å². The molecule has 0 radical (unpaired) electrons. The maximum absolute atomic E-state index is 4.32. The summed E-state index contributed by atoms with van der Waals surface area (Å²) in [6.07, 6.45) is 6.29. The highest BCUT2D eigenvalue weighted by atomic mass is 15.2. The molecular weight excluding hydrogens is 798 g/mol. The predicted octanol–water partition coefficient (Wildman–Crippen LogP) is 15.5. The first-order valence-corrected chi connectivity index (χ1v) is 24.0. The van der Waals surface area contributed by atoms with Crippen LogP contribution in [0.4, 0.5) is 51.2 Å². The van der Waals surface area contributed by atoms with E-state index in [1.54, 1.807) is 0 Å². The SMILES string of the molecule is C=CC(C)(C)c1ccc2c(c1)B1c3cc(C(C)(C)C=C)ccc3N(c3ccc(C(C)(C)CC)cc3)c3cc(N(c4ccccc4)c4ccccc4)cc(c31)N2c1ccc(C(C)(C)CC)cc1.